The minimum atomic E-state index is -2.43. The van der Waals surface area contributed by atoms with Crippen molar-refractivity contribution < 1.29 is 13.4 Å². The van der Waals surface area contributed by atoms with Crippen molar-refractivity contribution in [3.63, 3.8) is 0 Å². The lowest BCUT2D eigenvalue weighted by Gasteiger charge is -2.32. The number of aryl methyl sites for hydroxylation is 1. The van der Waals surface area contributed by atoms with E-state index in [1.54, 1.807) is 0 Å². The van der Waals surface area contributed by atoms with Crippen LogP contribution in [0, 0.1) is 6.85 Å². The first-order valence-electron chi connectivity index (χ1n) is 6.83. The molecule has 2 rings (SSSR count). The monoisotopic (exact) mass is 257 g/mol. The molecule has 0 aromatic carbocycles. The predicted molar refractivity (Wildman–Crippen MR) is 67.5 cm³/mol. The molecule has 0 atom stereocenters. The third-order valence-corrected chi connectivity index (χ3v) is 3.52. The molecule has 1 aromatic heterocycles. The van der Waals surface area contributed by atoms with Crippen LogP contribution in [-0.4, -0.2) is 28.3 Å². The summed E-state index contributed by atoms with van der Waals surface area (Å²) < 4.78 is 33.8. The average molecular weight is 258 g/mol. The van der Waals surface area contributed by atoms with E-state index in [1.165, 1.54) is 6.20 Å². The van der Waals surface area contributed by atoms with E-state index in [1.807, 2.05) is 27.7 Å². The molecule has 0 spiro atoms. The van der Waals surface area contributed by atoms with Crippen LogP contribution in [0.2, 0.25) is 5.15 Å². The maximum atomic E-state index is 7.40. The molecule has 0 aliphatic carbocycles. The van der Waals surface area contributed by atoms with Crippen LogP contribution in [0.4, 0.5) is 0 Å². The van der Waals surface area contributed by atoms with Gasteiger partial charge in [0.15, 0.2) is 0 Å². The van der Waals surface area contributed by atoms with Crippen molar-refractivity contribution in [3.05, 3.63) is 17.0 Å². The zero-order valence-corrected chi connectivity index (χ0v) is 11.0. The van der Waals surface area contributed by atoms with E-state index in [0.717, 1.165) is 0 Å². The molecule has 6 heteroatoms. The Morgan fingerprint density at radius 1 is 1.29 bits per heavy atom. The second-order valence-corrected chi connectivity index (χ2v) is 5.38. The highest BCUT2D eigenvalue weighted by Crippen LogP contribution is 2.36. The van der Waals surface area contributed by atoms with Gasteiger partial charge in [-0.2, -0.15) is 0 Å². The number of nitrogens with zero attached hydrogens (tertiary/aromatic N) is 2. The van der Waals surface area contributed by atoms with Crippen molar-refractivity contribution in [3.8, 4) is 0 Å². The second-order valence-electron chi connectivity index (χ2n) is 5.02. The van der Waals surface area contributed by atoms with Gasteiger partial charge in [0.25, 0.3) is 0 Å². The first kappa shape index (κ1) is 9.31. The summed E-state index contributed by atoms with van der Waals surface area (Å²) in [5.41, 5.74) is -0.997. The molecule has 0 saturated carbocycles. The van der Waals surface area contributed by atoms with Gasteiger partial charge in [-0.3, -0.25) is 4.98 Å². The predicted octanol–water partition coefficient (Wildman–Crippen LogP) is 1.74. The lowest BCUT2D eigenvalue weighted by Crippen LogP contribution is -2.41. The van der Waals surface area contributed by atoms with Gasteiger partial charge in [-0.1, -0.05) is 11.6 Å². The van der Waals surface area contributed by atoms with Crippen LogP contribution in [0.5, 0.6) is 0 Å². The minimum Gasteiger partial charge on any atom is -0.398 e. The second kappa shape index (κ2) is 3.94. The number of aromatic nitrogens is 2. The quantitative estimate of drug-likeness (QED) is 0.719. The first-order valence-corrected chi connectivity index (χ1v) is 5.70. The summed E-state index contributed by atoms with van der Waals surface area (Å²) >= 11 is 5.78. The van der Waals surface area contributed by atoms with Crippen molar-refractivity contribution >= 4 is 24.3 Å². The molecular weight excluding hydrogens is 238 g/mol. The first-order chi connectivity index (χ1) is 8.94. The SMILES string of the molecule is [2H]C([2H])([2H])c1nc(B2OC(C)(C)C(C)(C)O2)cnc1Cl. The maximum absolute atomic E-state index is 7.40. The van der Waals surface area contributed by atoms with Gasteiger partial charge in [0.2, 0.25) is 0 Å². The van der Waals surface area contributed by atoms with Crippen LogP contribution in [0.3, 0.4) is 0 Å². The molecule has 4 nitrogen and oxygen atoms in total. The largest absolute Gasteiger partial charge is 0.516 e. The molecule has 2 heterocycles. The van der Waals surface area contributed by atoms with Crippen molar-refractivity contribution in [1.29, 1.82) is 0 Å². The van der Waals surface area contributed by atoms with E-state index < -0.39 is 25.2 Å². The van der Waals surface area contributed by atoms with Gasteiger partial charge in [0, 0.05) is 10.3 Å². The molecule has 1 fully saturated rings. The molecule has 1 aliphatic rings. The Morgan fingerprint density at radius 2 is 1.88 bits per heavy atom. The van der Waals surface area contributed by atoms with Crippen molar-refractivity contribution in [1.82, 2.24) is 9.97 Å². The van der Waals surface area contributed by atoms with Gasteiger partial charge in [-0.25, -0.2) is 4.98 Å². The van der Waals surface area contributed by atoms with Crippen LogP contribution >= 0.6 is 11.6 Å². The molecule has 1 aromatic rings. The summed E-state index contributed by atoms with van der Waals surface area (Å²) in [6.07, 6.45) is 1.37. The molecule has 1 saturated heterocycles. The molecule has 92 valence electrons. The Morgan fingerprint density at radius 3 is 2.41 bits per heavy atom. The number of hydrogen-bond donors (Lipinski definition) is 0. The average Bonchev–Trinajstić information content (AvgIpc) is 2.47. The van der Waals surface area contributed by atoms with E-state index in [-0.39, 0.29) is 10.8 Å². The Labute approximate surface area is 111 Å². The van der Waals surface area contributed by atoms with Crippen LogP contribution < -0.4 is 5.59 Å². The third kappa shape index (κ3) is 2.19. The zero-order chi connectivity index (χ0) is 15.3. The summed E-state index contributed by atoms with van der Waals surface area (Å²) in [5.74, 6) is 0. The zero-order valence-electron chi connectivity index (χ0n) is 13.2. The molecule has 0 amide bonds. The number of hydrogen-bond acceptors (Lipinski definition) is 4. The van der Waals surface area contributed by atoms with Gasteiger partial charge in [0.1, 0.15) is 5.15 Å². The lowest BCUT2D eigenvalue weighted by atomic mass is 9.85. The molecule has 17 heavy (non-hydrogen) atoms. The topological polar surface area (TPSA) is 44.2 Å². The fourth-order valence-corrected chi connectivity index (χ4v) is 1.56. The fraction of sp³-hybridized carbons (Fsp3) is 0.636. The third-order valence-electron chi connectivity index (χ3n) is 3.24. The normalized spacial score (nSPS) is 25.2. The molecule has 0 bridgehead atoms. The van der Waals surface area contributed by atoms with Gasteiger partial charge < -0.3 is 9.31 Å². The Bertz CT molecular complexity index is 521. The minimum absolute atomic E-state index is 0.134. The summed E-state index contributed by atoms with van der Waals surface area (Å²) in [6, 6.07) is 0. The smallest absolute Gasteiger partial charge is 0.398 e. The molecule has 0 radical (unpaired) electrons. The summed E-state index contributed by atoms with van der Waals surface area (Å²) in [7, 11) is -0.758. The van der Waals surface area contributed by atoms with Gasteiger partial charge in [0.05, 0.1) is 22.5 Å². The molecule has 1 aliphatic heterocycles. The van der Waals surface area contributed by atoms with E-state index in [4.69, 9.17) is 25.0 Å². The van der Waals surface area contributed by atoms with Crippen molar-refractivity contribution in [2.45, 2.75) is 45.7 Å². The van der Waals surface area contributed by atoms with E-state index in [9.17, 15) is 0 Å². The summed E-state index contributed by atoms with van der Waals surface area (Å²) in [4.78, 5) is 7.92. The maximum Gasteiger partial charge on any atom is 0.516 e. The Hall–Kier alpha value is -0.645. The van der Waals surface area contributed by atoms with Gasteiger partial charge in [-0.05, 0) is 34.5 Å². The molecular formula is C11H16BClN2O2. The van der Waals surface area contributed by atoms with Crippen LogP contribution in [0.25, 0.3) is 0 Å². The van der Waals surface area contributed by atoms with Crippen LogP contribution in [-0.2, 0) is 9.31 Å². The molecule has 0 unspecified atom stereocenters. The van der Waals surface area contributed by atoms with E-state index in [2.05, 4.69) is 9.97 Å². The van der Waals surface area contributed by atoms with Gasteiger partial charge >= 0.3 is 7.12 Å². The summed E-state index contributed by atoms with van der Waals surface area (Å²) in [5, 5.41) is -0.134. The van der Waals surface area contributed by atoms with Crippen molar-refractivity contribution in [2.75, 3.05) is 0 Å². The highest BCUT2D eigenvalue weighted by Gasteiger charge is 2.52. The highest BCUT2D eigenvalue weighted by molar-refractivity contribution is 6.61. The van der Waals surface area contributed by atoms with Crippen LogP contribution in [0.15, 0.2) is 6.20 Å². The van der Waals surface area contributed by atoms with Gasteiger partial charge in [-0.15, -0.1) is 0 Å². The molecule has 0 N–H and O–H groups in total. The number of halogens is 1. The van der Waals surface area contributed by atoms with E-state index in [0.29, 0.717) is 5.59 Å². The Kier molecular flexibility index (Phi) is 2.15. The van der Waals surface area contributed by atoms with Crippen LogP contribution in [0.1, 0.15) is 37.5 Å². The Balaban J connectivity index is 2.37. The van der Waals surface area contributed by atoms with E-state index >= 15 is 0 Å². The highest BCUT2D eigenvalue weighted by atomic mass is 35.5. The standard InChI is InChI=1S/C11H16BClN2O2/c1-7-9(13)14-6-8(15-7)12-16-10(2,3)11(4,5)17-12/h6H,1-5H3/i1D3. The fourth-order valence-electron chi connectivity index (χ4n) is 1.47. The van der Waals surface area contributed by atoms with Crippen molar-refractivity contribution in [2.24, 2.45) is 0 Å². The number of rotatable bonds is 1. The summed E-state index contributed by atoms with van der Waals surface area (Å²) in [6.45, 7) is 5.19. The lowest BCUT2D eigenvalue weighted by molar-refractivity contribution is 0.00578.